The van der Waals surface area contributed by atoms with Gasteiger partial charge in [0.1, 0.15) is 12.4 Å². The molecular weight excluding hydrogens is 482 g/mol. The minimum atomic E-state index is -0.906. The summed E-state index contributed by atoms with van der Waals surface area (Å²) in [4.78, 5) is 42.5. The Kier molecular flexibility index (Phi) is 12.9. The molecule has 0 spiro atoms. The molecule has 0 bridgehead atoms. The van der Waals surface area contributed by atoms with Crippen LogP contribution in [0.4, 0.5) is 4.79 Å². The number of piperidine rings is 1. The lowest BCUT2D eigenvalue weighted by Crippen LogP contribution is -2.53. The van der Waals surface area contributed by atoms with Crippen LogP contribution < -0.4 is 21.8 Å². The Morgan fingerprint density at radius 2 is 1.75 bits per heavy atom. The van der Waals surface area contributed by atoms with Gasteiger partial charge < -0.3 is 31.6 Å². The van der Waals surface area contributed by atoms with Crippen LogP contribution in [0.3, 0.4) is 0 Å². The summed E-state index contributed by atoms with van der Waals surface area (Å²) >= 11 is 0. The SMILES string of the molecule is Cl.NN=CN1CCC[C@@H](CNC(=O)C[C@H](NC(=O)NCc2ccccc2)C(=O)N2CCCCCC2)C1. The Morgan fingerprint density at radius 3 is 2.44 bits per heavy atom. The smallest absolute Gasteiger partial charge is 0.315 e. The van der Waals surface area contributed by atoms with Crippen molar-refractivity contribution in [2.24, 2.45) is 16.9 Å². The number of hydrogen-bond acceptors (Lipinski definition) is 5. The minimum Gasteiger partial charge on any atom is -0.361 e. The number of hydrogen-bond donors (Lipinski definition) is 4. The molecule has 200 valence electrons. The molecule has 5 N–H and O–H groups in total. The predicted molar refractivity (Wildman–Crippen MR) is 143 cm³/mol. The van der Waals surface area contributed by atoms with Crippen LogP contribution in [0.5, 0.6) is 0 Å². The Bertz CT molecular complexity index is 847. The number of rotatable bonds is 9. The number of carbonyl (C=O) groups excluding carboxylic acids is 3. The Labute approximate surface area is 219 Å². The van der Waals surface area contributed by atoms with Gasteiger partial charge in [-0.25, -0.2) is 4.79 Å². The minimum absolute atomic E-state index is 0. The van der Waals surface area contributed by atoms with Crippen LogP contribution in [0, 0.1) is 5.92 Å². The van der Waals surface area contributed by atoms with Gasteiger partial charge in [0.15, 0.2) is 0 Å². The molecule has 2 saturated heterocycles. The Morgan fingerprint density at radius 1 is 1.03 bits per heavy atom. The van der Waals surface area contributed by atoms with Gasteiger partial charge >= 0.3 is 6.03 Å². The zero-order valence-corrected chi connectivity index (χ0v) is 21.7. The van der Waals surface area contributed by atoms with Crippen LogP contribution in [0.15, 0.2) is 35.4 Å². The molecule has 2 fully saturated rings. The third-order valence-electron chi connectivity index (χ3n) is 6.57. The third-order valence-corrected chi connectivity index (χ3v) is 6.57. The van der Waals surface area contributed by atoms with E-state index in [4.69, 9.17) is 5.84 Å². The van der Waals surface area contributed by atoms with E-state index in [2.05, 4.69) is 21.1 Å². The van der Waals surface area contributed by atoms with Gasteiger partial charge in [-0.3, -0.25) is 9.59 Å². The second-order valence-corrected chi connectivity index (χ2v) is 9.38. The number of hydrazone groups is 1. The van der Waals surface area contributed by atoms with E-state index in [0.717, 1.165) is 57.2 Å². The van der Waals surface area contributed by atoms with Gasteiger partial charge in [-0.15, -0.1) is 12.4 Å². The van der Waals surface area contributed by atoms with Crippen molar-refractivity contribution in [2.45, 2.75) is 57.5 Å². The zero-order chi connectivity index (χ0) is 24.9. The lowest BCUT2D eigenvalue weighted by molar-refractivity contribution is -0.135. The lowest BCUT2D eigenvalue weighted by Gasteiger charge is -2.31. The molecule has 1 aromatic rings. The molecule has 0 unspecified atom stereocenters. The molecule has 0 saturated carbocycles. The number of carbonyl (C=O) groups is 3. The third kappa shape index (κ3) is 9.93. The summed E-state index contributed by atoms with van der Waals surface area (Å²) in [6.07, 6.45) is 7.61. The number of nitrogens with zero attached hydrogens (tertiary/aromatic N) is 3. The molecule has 0 aromatic heterocycles. The monoisotopic (exact) mass is 521 g/mol. The van der Waals surface area contributed by atoms with E-state index in [1.54, 1.807) is 11.2 Å². The summed E-state index contributed by atoms with van der Waals surface area (Å²) < 4.78 is 0. The van der Waals surface area contributed by atoms with Gasteiger partial charge in [0.05, 0.1) is 6.42 Å². The fourth-order valence-electron chi connectivity index (χ4n) is 4.68. The number of nitrogens with two attached hydrogens (primary N) is 1. The standard InChI is InChI=1S/C25H39N7O3.ClH/c26-29-19-31-12-8-11-21(18-31)17-27-23(33)15-22(24(34)32-13-6-1-2-7-14-32)30-25(35)28-16-20-9-4-3-5-10-20;/h3-5,9-10,19,21-22H,1-2,6-8,11-18,26H2,(H,27,33)(H2,28,30,35);1H/t21-,22-;/m0./s1. The molecule has 36 heavy (non-hydrogen) atoms. The molecule has 0 radical (unpaired) electrons. The van der Waals surface area contributed by atoms with Gasteiger partial charge in [0.25, 0.3) is 0 Å². The number of urea groups is 1. The van der Waals surface area contributed by atoms with Crippen molar-refractivity contribution in [1.29, 1.82) is 0 Å². The van der Waals surface area contributed by atoms with E-state index in [1.165, 1.54) is 0 Å². The highest BCUT2D eigenvalue weighted by molar-refractivity contribution is 5.91. The predicted octanol–water partition coefficient (Wildman–Crippen LogP) is 1.80. The van der Waals surface area contributed by atoms with Crippen LogP contribution in [-0.2, 0) is 16.1 Å². The van der Waals surface area contributed by atoms with Gasteiger partial charge in [-0.2, -0.15) is 5.10 Å². The fraction of sp³-hybridized carbons (Fsp3) is 0.600. The topological polar surface area (TPSA) is 132 Å². The van der Waals surface area contributed by atoms with E-state index >= 15 is 0 Å². The maximum absolute atomic E-state index is 13.3. The van der Waals surface area contributed by atoms with Gasteiger partial charge in [-0.05, 0) is 37.2 Å². The van der Waals surface area contributed by atoms with Gasteiger partial charge in [0.2, 0.25) is 11.8 Å². The van der Waals surface area contributed by atoms with E-state index in [1.807, 2.05) is 35.2 Å². The molecule has 11 heteroatoms. The highest BCUT2D eigenvalue weighted by atomic mass is 35.5. The number of nitrogens with one attached hydrogen (secondary N) is 3. The van der Waals surface area contributed by atoms with Crippen molar-refractivity contribution in [3.05, 3.63) is 35.9 Å². The van der Waals surface area contributed by atoms with Gasteiger partial charge in [-0.1, -0.05) is 43.2 Å². The summed E-state index contributed by atoms with van der Waals surface area (Å²) in [6.45, 7) is 3.85. The summed E-state index contributed by atoms with van der Waals surface area (Å²) in [5.74, 6) is 5.10. The number of halogens is 1. The number of likely N-dealkylation sites (tertiary alicyclic amines) is 2. The summed E-state index contributed by atoms with van der Waals surface area (Å²) in [7, 11) is 0. The molecule has 3 rings (SSSR count). The molecule has 2 atom stereocenters. The number of benzene rings is 1. The summed E-state index contributed by atoms with van der Waals surface area (Å²) in [5, 5.41) is 12.1. The summed E-state index contributed by atoms with van der Waals surface area (Å²) in [6, 6.07) is 8.18. The fourth-order valence-corrected chi connectivity index (χ4v) is 4.68. The van der Waals surface area contributed by atoms with Crippen molar-refractivity contribution in [1.82, 2.24) is 25.8 Å². The van der Waals surface area contributed by atoms with Crippen molar-refractivity contribution in [3.8, 4) is 0 Å². The maximum atomic E-state index is 13.3. The molecule has 4 amide bonds. The first-order valence-corrected chi connectivity index (χ1v) is 12.7. The quantitative estimate of drug-likeness (QED) is 0.170. The van der Waals surface area contributed by atoms with Crippen molar-refractivity contribution < 1.29 is 14.4 Å². The Hall–Kier alpha value is -3.01. The molecule has 2 aliphatic heterocycles. The van der Waals surface area contributed by atoms with Crippen molar-refractivity contribution in [3.63, 3.8) is 0 Å². The molecular formula is C25H40ClN7O3. The number of amides is 4. The molecule has 0 aliphatic carbocycles. The first-order chi connectivity index (χ1) is 17.0. The van der Waals surface area contributed by atoms with Crippen LogP contribution in [-0.4, -0.2) is 72.7 Å². The normalized spacial score (nSPS) is 19.1. The Balaban J connectivity index is 0.00000456. The van der Waals surface area contributed by atoms with Crippen LogP contribution in [0.25, 0.3) is 0 Å². The van der Waals surface area contributed by atoms with Crippen molar-refractivity contribution >= 4 is 36.6 Å². The highest BCUT2D eigenvalue weighted by Crippen LogP contribution is 2.15. The molecule has 2 aliphatic rings. The second-order valence-electron chi connectivity index (χ2n) is 9.38. The molecule has 10 nitrogen and oxygen atoms in total. The first kappa shape index (κ1) is 29.2. The summed E-state index contributed by atoms with van der Waals surface area (Å²) in [5.41, 5.74) is 0.956. The first-order valence-electron chi connectivity index (χ1n) is 12.7. The van der Waals surface area contributed by atoms with Crippen LogP contribution >= 0.6 is 12.4 Å². The lowest BCUT2D eigenvalue weighted by atomic mass is 9.98. The van der Waals surface area contributed by atoms with E-state index in [-0.39, 0.29) is 36.6 Å². The average Bonchev–Trinajstić information content (AvgIpc) is 3.16. The maximum Gasteiger partial charge on any atom is 0.315 e. The van der Waals surface area contributed by atoms with E-state index in [9.17, 15) is 14.4 Å². The zero-order valence-electron chi connectivity index (χ0n) is 20.9. The molecule has 2 heterocycles. The van der Waals surface area contributed by atoms with E-state index in [0.29, 0.717) is 26.2 Å². The second kappa shape index (κ2) is 15.9. The molecule has 1 aromatic carbocycles. The van der Waals surface area contributed by atoms with Gasteiger partial charge in [0, 0.05) is 39.3 Å². The highest BCUT2D eigenvalue weighted by Gasteiger charge is 2.29. The largest absolute Gasteiger partial charge is 0.361 e. The van der Waals surface area contributed by atoms with Crippen molar-refractivity contribution in [2.75, 3.05) is 32.7 Å². The van der Waals surface area contributed by atoms with E-state index < -0.39 is 12.1 Å². The average molecular weight is 522 g/mol. The van der Waals surface area contributed by atoms with Crippen LogP contribution in [0.2, 0.25) is 0 Å². The van der Waals surface area contributed by atoms with Crippen LogP contribution in [0.1, 0.15) is 50.5 Å².